The van der Waals surface area contributed by atoms with Crippen molar-refractivity contribution in [3.8, 4) is 0 Å². The fraction of sp³-hybridized carbons (Fsp3) is 0.385. The molecule has 3 rings (SSSR count). The standard InChI is InChI=1S/C13H12BrF3N4/c14-9-6-19-21(7-9)10-3-5-20(8-10)12-11(13(15,16)17)2-1-4-18-12/h1-2,4,6-7,10H,3,5,8H2. The zero-order chi connectivity index (χ0) is 15.0. The molecular formula is C13H12BrF3N4. The Balaban J connectivity index is 1.84. The first-order chi connectivity index (χ1) is 9.95. The summed E-state index contributed by atoms with van der Waals surface area (Å²) in [6.45, 7) is 0.996. The number of alkyl halides is 3. The van der Waals surface area contributed by atoms with Crippen molar-refractivity contribution in [1.29, 1.82) is 0 Å². The topological polar surface area (TPSA) is 34.0 Å². The highest BCUT2D eigenvalue weighted by atomic mass is 79.9. The summed E-state index contributed by atoms with van der Waals surface area (Å²) in [4.78, 5) is 5.60. The Hall–Kier alpha value is -1.57. The number of aromatic nitrogens is 3. The van der Waals surface area contributed by atoms with E-state index in [0.29, 0.717) is 13.1 Å². The van der Waals surface area contributed by atoms with Gasteiger partial charge in [0.25, 0.3) is 0 Å². The minimum atomic E-state index is -4.39. The molecule has 112 valence electrons. The highest BCUT2D eigenvalue weighted by molar-refractivity contribution is 9.10. The zero-order valence-corrected chi connectivity index (χ0v) is 12.5. The molecule has 1 saturated heterocycles. The van der Waals surface area contributed by atoms with Crippen molar-refractivity contribution in [3.05, 3.63) is 40.8 Å². The summed E-state index contributed by atoms with van der Waals surface area (Å²) in [5, 5.41) is 4.20. The van der Waals surface area contributed by atoms with Crippen molar-refractivity contribution >= 4 is 21.7 Å². The molecule has 0 bridgehead atoms. The predicted octanol–water partition coefficient (Wildman–Crippen LogP) is 3.51. The highest BCUT2D eigenvalue weighted by Gasteiger charge is 2.37. The molecule has 4 nitrogen and oxygen atoms in total. The Bertz CT molecular complexity index is 640. The normalized spacial score (nSPS) is 19.2. The monoisotopic (exact) mass is 360 g/mol. The van der Waals surface area contributed by atoms with Crippen LogP contribution in [-0.2, 0) is 6.18 Å². The number of hydrogen-bond acceptors (Lipinski definition) is 3. The van der Waals surface area contributed by atoms with Gasteiger partial charge < -0.3 is 4.90 Å². The van der Waals surface area contributed by atoms with Crippen molar-refractivity contribution in [3.63, 3.8) is 0 Å². The second kappa shape index (κ2) is 5.32. The maximum atomic E-state index is 13.0. The Labute approximate surface area is 127 Å². The number of anilines is 1. The van der Waals surface area contributed by atoms with Crippen molar-refractivity contribution in [1.82, 2.24) is 14.8 Å². The SMILES string of the molecule is FC(F)(F)c1cccnc1N1CCC(n2cc(Br)cn2)C1. The van der Waals surface area contributed by atoms with Gasteiger partial charge >= 0.3 is 6.18 Å². The fourth-order valence-corrected chi connectivity index (χ4v) is 2.84. The highest BCUT2D eigenvalue weighted by Crippen LogP contribution is 2.37. The quantitative estimate of drug-likeness (QED) is 0.821. The molecule has 0 N–H and O–H groups in total. The number of hydrogen-bond donors (Lipinski definition) is 0. The molecule has 0 spiro atoms. The van der Waals surface area contributed by atoms with Crippen LogP contribution in [0.5, 0.6) is 0 Å². The third-order valence-electron chi connectivity index (χ3n) is 3.50. The molecule has 0 radical (unpaired) electrons. The van der Waals surface area contributed by atoms with Gasteiger partial charge in [-0.05, 0) is 34.5 Å². The van der Waals surface area contributed by atoms with E-state index in [9.17, 15) is 13.2 Å². The Morgan fingerprint density at radius 2 is 2.14 bits per heavy atom. The van der Waals surface area contributed by atoms with Gasteiger partial charge in [-0.15, -0.1) is 0 Å². The molecule has 1 aliphatic rings. The summed E-state index contributed by atoms with van der Waals surface area (Å²) in [5.41, 5.74) is -0.688. The van der Waals surface area contributed by atoms with Crippen LogP contribution in [0.2, 0.25) is 0 Å². The summed E-state index contributed by atoms with van der Waals surface area (Å²) in [7, 11) is 0. The van der Waals surface area contributed by atoms with Crippen LogP contribution in [0.15, 0.2) is 35.2 Å². The lowest BCUT2D eigenvalue weighted by Crippen LogP contribution is -2.25. The first-order valence-electron chi connectivity index (χ1n) is 6.42. The van der Waals surface area contributed by atoms with E-state index in [2.05, 4.69) is 26.0 Å². The van der Waals surface area contributed by atoms with Gasteiger partial charge in [0.15, 0.2) is 0 Å². The Kier molecular flexibility index (Phi) is 3.64. The molecular weight excluding hydrogens is 349 g/mol. The van der Waals surface area contributed by atoms with Crippen LogP contribution in [0.1, 0.15) is 18.0 Å². The largest absolute Gasteiger partial charge is 0.419 e. The van der Waals surface area contributed by atoms with E-state index in [1.54, 1.807) is 15.8 Å². The summed E-state index contributed by atoms with van der Waals surface area (Å²) in [6.07, 6.45) is 1.24. The van der Waals surface area contributed by atoms with Crippen LogP contribution in [0, 0.1) is 0 Å². The van der Waals surface area contributed by atoms with Gasteiger partial charge in [-0.25, -0.2) is 4.98 Å². The minimum absolute atomic E-state index is 0.00118. The lowest BCUT2D eigenvalue weighted by Gasteiger charge is -2.21. The van der Waals surface area contributed by atoms with Gasteiger partial charge in [0.05, 0.1) is 22.3 Å². The smallest absolute Gasteiger partial charge is 0.354 e. The molecule has 0 aromatic carbocycles. The van der Waals surface area contributed by atoms with E-state index in [0.717, 1.165) is 17.0 Å². The molecule has 1 unspecified atom stereocenters. The van der Waals surface area contributed by atoms with E-state index in [4.69, 9.17) is 0 Å². The number of nitrogens with zero attached hydrogens (tertiary/aromatic N) is 4. The van der Waals surface area contributed by atoms with Gasteiger partial charge in [-0.3, -0.25) is 4.68 Å². The number of halogens is 4. The van der Waals surface area contributed by atoms with Crippen LogP contribution in [0.3, 0.4) is 0 Å². The molecule has 8 heteroatoms. The first-order valence-corrected chi connectivity index (χ1v) is 7.21. The third-order valence-corrected chi connectivity index (χ3v) is 3.91. The molecule has 1 atom stereocenters. The lowest BCUT2D eigenvalue weighted by molar-refractivity contribution is -0.137. The molecule has 3 heterocycles. The summed E-state index contributed by atoms with van der Waals surface area (Å²) in [6, 6.07) is 2.43. The van der Waals surface area contributed by atoms with Crippen LogP contribution in [0.25, 0.3) is 0 Å². The Morgan fingerprint density at radius 3 is 2.81 bits per heavy atom. The van der Waals surface area contributed by atoms with Crippen molar-refractivity contribution < 1.29 is 13.2 Å². The summed E-state index contributed by atoms with van der Waals surface area (Å²) < 4.78 is 41.7. The minimum Gasteiger partial charge on any atom is -0.354 e. The fourth-order valence-electron chi connectivity index (χ4n) is 2.53. The van der Waals surface area contributed by atoms with Gasteiger partial charge in [0.2, 0.25) is 0 Å². The first kappa shape index (κ1) is 14.4. The van der Waals surface area contributed by atoms with Gasteiger partial charge in [-0.1, -0.05) is 0 Å². The van der Waals surface area contributed by atoms with Crippen molar-refractivity contribution in [2.75, 3.05) is 18.0 Å². The van der Waals surface area contributed by atoms with Gasteiger partial charge in [0.1, 0.15) is 5.82 Å². The van der Waals surface area contributed by atoms with Crippen LogP contribution in [0.4, 0.5) is 19.0 Å². The maximum Gasteiger partial charge on any atom is 0.419 e. The molecule has 0 amide bonds. The van der Waals surface area contributed by atoms with Crippen molar-refractivity contribution in [2.24, 2.45) is 0 Å². The Morgan fingerprint density at radius 1 is 1.33 bits per heavy atom. The summed E-state index contributed by atoms with van der Waals surface area (Å²) in [5.74, 6) is -0.00118. The van der Waals surface area contributed by atoms with Gasteiger partial charge in [0, 0.05) is 25.5 Å². The third kappa shape index (κ3) is 2.90. The average Bonchev–Trinajstić information content (AvgIpc) is 3.06. The van der Waals surface area contributed by atoms with Crippen molar-refractivity contribution in [2.45, 2.75) is 18.6 Å². The van der Waals surface area contributed by atoms with E-state index in [-0.39, 0.29) is 11.9 Å². The van der Waals surface area contributed by atoms with Gasteiger partial charge in [-0.2, -0.15) is 18.3 Å². The van der Waals surface area contributed by atoms with E-state index >= 15 is 0 Å². The van der Waals surface area contributed by atoms with E-state index in [1.165, 1.54) is 12.3 Å². The second-order valence-corrected chi connectivity index (χ2v) is 5.82. The zero-order valence-electron chi connectivity index (χ0n) is 10.9. The van der Waals surface area contributed by atoms with E-state index < -0.39 is 11.7 Å². The molecule has 2 aromatic rings. The van der Waals surface area contributed by atoms with Crippen LogP contribution in [-0.4, -0.2) is 27.9 Å². The maximum absolute atomic E-state index is 13.0. The summed E-state index contributed by atoms with van der Waals surface area (Å²) >= 11 is 3.32. The molecule has 21 heavy (non-hydrogen) atoms. The molecule has 0 saturated carbocycles. The van der Waals surface area contributed by atoms with Crippen LogP contribution < -0.4 is 4.90 Å². The molecule has 0 aliphatic carbocycles. The predicted molar refractivity (Wildman–Crippen MR) is 75.0 cm³/mol. The second-order valence-electron chi connectivity index (χ2n) is 4.90. The number of rotatable bonds is 2. The van der Waals surface area contributed by atoms with E-state index in [1.807, 2.05) is 6.20 Å². The average molecular weight is 361 g/mol. The van der Waals surface area contributed by atoms with Crippen LogP contribution >= 0.6 is 15.9 Å². The lowest BCUT2D eigenvalue weighted by atomic mass is 10.2. The number of pyridine rings is 1. The molecule has 1 fully saturated rings. The molecule has 1 aliphatic heterocycles. The molecule has 2 aromatic heterocycles.